The maximum absolute atomic E-state index is 12.6. The quantitative estimate of drug-likeness (QED) is 0.876. The van der Waals surface area contributed by atoms with Crippen LogP contribution in [0, 0.1) is 12.8 Å². The van der Waals surface area contributed by atoms with E-state index >= 15 is 0 Å². The smallest absolute Gasteiger partial charge is 0.227 e. The second kappa shape index (κ2) is 7.63. The van der Waals surface area contributed by atoms with Crippen LogP contribution in [0.15, 0.2) is 48.5 Å². The molecule has 1 saturated carbocycles. The lowest BCUT2D eigenvalue weighted by atomic mass is 9.78. The molecular weight excluding hydrogens is 298 g/mol. The summed E-state index contributed by atoms with van der Waals surface area (Å²) >= 11 is 0. The Morgan fingerprint density at radius 2 is 1.79 bits per heavy atom. The molecule has 0 saturated heterocycles. The van der Waals surface area contributed by atoms with E-state index in [-0.39, 0.29) is 18.4 Å². The van der Waals surface area contributed by atoms with E-state index in [0.717, 1.165) is 42.5 Å². The number of hydrogen-bond acceptors (Lipinski definition) is 2. The van der Waals surface area contributed by atoms with Crippen molar-refractivity contribution in [2.75, 3.05) is 5.32 Å². The fraction of sp³-hybridized carbons (Fsp3) is 0.381. The van der Waals surface area contributed by atoms with Crippen LogP contribution in [-0.4, -0.2) is 11.0 Å². The minimum absolute atomic E-state index is 0.00860. The van der Waals surface area contributed by atoms with Crippen LogP contribution in [0.2, 0.25) is 0 Å². The SMILES string of the molecule is Cc1ccc(CO)cc1NC(=O)C1CCC(c2ccccc2)CC1. The van der Waals surface area contributed by atoms with Crippen molar-refractivity contribution in [1.29, 1.82) is 0 Å². The van der Waals surface area contributed by atoms with Gasteiger partial charge in [0.25, 0.3) is 0 Å². The van der Waals surface area contributed by atoms with Gasteiger partial charge in [0, 0.05) is 11.6 Å². The third-order valence-electron chi connectivity index (χ3n) is 5.11. The molecule has 1 aliphatic carbocycles. The Morgan fingerprint density at radius 3 is 2.46 bits per heavy atom. The fourth-order valence-corrected chi connectivity index (χ4v) is 3.55. The van der Waals surface area contributed by atoms with E-state index in [2.05, 4.69) is 29.6 Å². The van der Waals surface area contributed by atoms with E-state index < -0.39 is 0 Å². The Morgan fingerprint density at radius 1 is 1.08 bits per heavy atom. The minimum atomic E-state index is -0.00860. The molecule has 2 N–H and O–H groups in total. The largest absolute Gasteiger partial charge is 0.392 e. The van der Waals surface area contributed by atoms with Crippen molar-refractivity contribution in [1.82, 2.24) is 0 Å². The Bertz CT molecular complexity index is 688. The average molecular weight is 323 g/mol. The number of aliphatic hydroxyl groups is 1. The zero-order chi connectivity index (χ0) is 16.9. The number of amides is 1. The highest BCUT2D eigenvalue weighted by molar-refractivity contribution is 5.93. The summed E-state index contributed by atoms with van der Waals surface area (Å²) in [6.45, 7) is 1.97. The Kier molecular flexibility index (Phi) is 5.31. The highest BCUT2D eigenvalue weighted by Crippen LogP contribution is 2.36. The first-order valence-electron chi connectivity index (χ1n) is 8.73. The average Bonchev–Trinajstić information content (AvgIpc) is 2.64. The predicted octanol–water partition coefficient (Wildman–Crippen LogP) is 4.40. The van der Waals surface area contributed by atoms with Gasteiger partial charge in [0.2, 0.25) is 5.91 Å². The van der Waals surface area contributed by atoms with E-state index in [9.17, 15) is 9.90 Å². The molecule has 0 radical (unpaired) electrons. The molecular formula is C21H25NO2. The number of aryl methyl sites for hydroxylation is 1. The van der Waals surface area contributed by atoms with Crippen LogP contribution in [0.4, 0.5) is 5.69 Å². The lowest BCUT2D eigenvalue weighted by Crippen LogP contribution is -2.27. The van der Waals surface area contributed by atoms with E-state index in [1.807, 2.05) is 31.2 Å². The molecule has 3 nitrogen and oxygen atoms in total. The van der Waals surface area contributed by atoms with Crippen LogP contribution in [0.25, 0.3) is 0 Å². The van der Waals surface area contributed by atoms with Crippen molar-refractivity contribution < 1.29 is 9.90 Å². The number of carbonyl (C=O) groups excluding carboxylic acids is 1. The van der Waals surface area contributed by atoms with Gasteiger partial charge in [-0.3, -0.25) is 4.79 Å². The summed E-state index contributed by atoms with van der Waals surface area (Å²) in [5, 5.41) is 12.3. The lowest BCUT2D eigenvalue weighted by molar-refractivity contribution is -0.120. The fourth-order valence-electron chi connectivity index (χ4n) is 3.55. The molecule has 1 aliphatic rings. The number of nitrogens with one attached hydrogen (secondary N) is 1. The van der Waals surface area contributed by atoms with Crippen LogP contribution in [-0.2, 0) is 11.4 Å². The summed E-state index contributed by atoms with van der Waals surface area (Å²) in [7, 11) is 0. The van der Waals surface area contributed by atoms with Gasteiger partial charge in [-0.1, -0.05) is 42.5 Å². The van der Waals surface area contributed by atoms with E-state index in [1.54, 1.807) is 0 Å². The van der Waals surface area contributed by atoms with Crippen LogP contribution in [0.1, 0.15) is 48.3 Å². The van der Waals surface area contributed by atoms with Gasteiger partial charge < -0.3 is 10.4 Å². The maximum atomic E-state index is 12.6. The number of rotatable bonds is 4. The standard InChI is InChI=1S/C21H25NO2/c1-15-7-8-16(14-23)13-20(15)22-21(24)19-11-9-18(10-12-19)17-5-3-2-4-6-17/h2-8,13,18-19,23H,9-12,14H2,1H3,(H,22,24). The molecule has 0 spiro atoms. The van der Waals surface area contributed by atoms with Crippen LogP contribution in [0.3, 0.4) is 0 Å². The van der Waals surface area contributed by atoms with Gasteiger partial charge in [-0.25, -0.2) is 0 Å². The number of hydrogen-bond donors (Lipinski definition) is 2. The normalized spacial score (nSPS) is 20.6. The van der Waals surface area contributed by atoms with Gasteiger partial charge in [-0.05, 0) is 61.3 Å². The number of aliphatic hydroxyl groups excluding tert-OH is 1. The monoisotopic (exact) mass is 323 g/mol. The van der Waals surface area contributed by atoms with Gasteiger partial charge in [-0.2, -0.15) is 0 Å². The molecule has 2 aromatic carbocycles. The summed E-state index contributed by atoms with van der Waals surface area (Å²) < 4.78 is 0. The van der Waals surface area contributed by atoms with E-state index in [4.69, 9.17) is 0 Å². The van der Waals surface area contributed by atoms with Crippen LogP contribution in [0.5, 0.6) is 0 Å². The maximum Gasteiger partial charge on any atom is 0.227 e. The molecule has 0 aliphatic heterocycles. The molecule has 0 atom stereocenters. The summed E-state index contributed by atoms with van der Waals surface area (Å²) in [5.41, 5.74) is 4.06. The molecule has 1 fully saturated rings. The second-order valence-corrected chi connectivity index (χ2v) is 6.76. The van der Waals surface area contributed by atoms with Gasteiger partial charge in [0.15, 0.2) is 0 Å². The number of anilines is 1. The lowest BCUT2D eigenvalue weighted by Gasteiger charge is -2.28. The van der Waals surface area contributed by atoms with Gasteiger partial charge >= 0.3 is 0 Å². The molecule has 3 heteroatoms. The van der Waals surface area contributed by atoms with Crippen molar-refractivity contribution in [3.05, 3.63) is 65.2 Å². The zero-order valence-corrected chi connectivity index (χ0v) is 14.2. The molecule has 0 aromatic heterocycles. The van der Waals surface area contributed by atoms with Crippen molar-refractivity contribution in [3.8, 4) is 0 Å². The van der Waals surface area contributed by atoms with E-state index in [1.165, 1.54) is 5.56 Å². The highest BCUT2D eigenvalue weighted by Gasteiger charge is 2.27. The van der Waals surface area contributed by atoms with Crippen molar-refractivity contribution in [3.63, 3.8) is 0 Å². The number of carbonyl (C=O) groups is 1. The number of benzene rings is 2. The van der Waals surface area contributed by atoms with Crippen LogP contribution >= 0.6 is 0 Å². The third kappa shape index (κ3) is 3.85. The predicted molar refractivity (Wildman–Crippen MR) is 96.9 cm³/mol. The van der Waals surface area contributed by atoms with E-state index in [0.29, 0.717) is 5.92 Å². The van der Waals surface area contributed by atoms with Gasteiger partial charge in [0.05, 0.1) is 6.61 Å². The van der Waals surface area contributed by atoms with Crippen molar-refractivity contribution in [2.45, 2.75) is 45.1 Å². The Hall–Kier alpha value is -2.13. The third-order valence-corrected chi connectivity index (χ3v) is 5.11. The van der Waals surface area contributed by atoms with Crippen molar-refractivity contribution >= 4 is 11.6 Å². The first-order chi connectivity index (χ1) is 11.7. The minimum Gasteiger partial charge on any atom is -0.392 e. The molecule has 0 bridgehead atoms. The summed E-state index contributed by atoms with van der Waals surface area (Å²) in [6, 6.07) is 16.3. The van der Waals surface area contributed by atoms with Crippen molar-refractivity contribution in [2.24, 2.45) is 5.92 Å². The summed E-state index contributed by atoms with van der Waals surface area (Å²) in [6.07, 6.45) is 4.00. The summed E-state index contributed by atoms with van der Waals surface area (Å²) in [4.78, 5) is 12.6. The molecule has 126 valence electrons. The highest BCUT2D eigenvalue weighted by atomic mass is 16.3. The molecule has 1 amide bonds. The first kappa shape index (κ1) is 16.7. The Labute approximate surface area is 143 Å². The molecule has 0 unspecified atom stereocenters. The van der Waals surface area contributed by atoms with Crippen LogP contribution < -0.4 is 5.32 Å². The van der Waals surface area contributed by atoms with Gasteiger partial charge in [0.1, 0.15) is 0 Å². The summed E-state index contributed by atoms with van der Waals surface area (Å²) in [5.74, 6) is 0.775. The first-order valence-corrected chi connectivity index (χ1v) is 8.73. The van der Waals surface area contributed by atoms with Gasteiger partial charge in [-0.15, -0.1) is 0 Å². The second-order valence-electron chi connectivity index (χ2n) is 6.76. The topological polar surface area (TPSA) is 49.3 Å². The zero-order valence-electron chi connectivity index (χ0n) is 14.2. The molecule has 0 heterocycles. The molecule has 3 rings (SSSR count). The Balaban J connectivity index is 1.59. The molecule has 24 heavy (non-hydrogen) atoms. The molecule has 2 aromatic rings.